The standard InChI is InChI=1S/C13H22N2O3/c1-3-8-15(10-13(17)18-4-2)11-6-5-7-14-12(16)9-11/h3,11H,1,4-10H2,2H3,(H,14,16). The molecule has 0 radical (unpaired) electrons. The molecule has 0 saturated carbocycles. The van der Waals surface area contributed by atoms with Gasteiger partial charge in [-0.2, -0.15) is 0 Å². The number of carbonyl (C=O) groups is 2. The third kappa shape index (κ3) is 4.87. The van der Waals surface area contributed by atoms with Gasteiger partial charge in [0.2, 0.25) is 5.91 Å². The zero-order valence-corrected chi connectivity index (χ0v) is 11.0. The lowest BCUT2D eigenvalue weighted by molar-refractivity contribution is -0.145. The number of nitrogens with one attached hydrogen (secondary N) is 1. The summed E-state index contributed by atoms with van der Waals surface area (Å²) in [5.41, 5.74) is 0. The predicted molar refractivity (Wildman–Crippen MR) is 69.1 cm³/mol. The highest BCUT2D eigenvalue weighted by Crippen LogP contribution is 2.14. The van der Waals surface area contributed by atoms with Crippen LogP contribution in [0, 0.1) is 0 Å². The van der Waals surface area contributed by atoms with Crippen LogP contribution < -0.4 is 5.32 Å². The Labute approximate surface area is 108 Å². The van der Waals surface area contributed by atoms with Gasteiger partial charge in [-0.05, 0) is 19.8 Å². The SMILES string of the molecule is C=CCN(CC(=O)OCC)C1CCCNC(=O)C1. The van der Waals surface area contributed by atoms with E-state index < -0.39 is 0 Å². The lowest BCUT2D eigenvalue weighted by atomic mass is 10.1. The maximum Gasteiger partial charge on any atom is 0.320 e. The molecule has 0 bridgehead atoms. The van der Waals surface area contributed by atoms with Gasteiger partial charge in [-0.3, -0.25) is 14.5 Å². The Balaban J connectivity index is 2.60. The van der Waals surface area contributed by atoms with Crippen LogP contribution in [0.15, 0.2) is 12.7 Å². The zero-order chi connectivity index (χ0) is 13.4. The van der Waals surface area contributed by atoms with Gasteiger partial charge in [-0.1, -0.05) is 6.08 Å². The van der Waals surface area contributed by atoms with E-state index >= 15 is 0 Å². The first kappa shape index (κ1) is 14.7. The van der Waals surface area contributed by atoms with Gasteiger partial charge < -0.3 is 10.1 Å². The molecule has 1 aliphatic heterocycles. The molecule has 1 heterocycles. The first-order valence-corrected chi connectivity index (χ1v) is 6.44. The van der Waals surface area contributed by atoms with E-state index in [4.69, 9.17) is 4.74 Å². The molecule has 0 aliphatic carbocycles. The minimum absolute atomic E-state index is 0.0513. The van der Waals surface area contributed by atoms with E-state index in [9.17, 15) is 9.59 Å². The van der Waals surface area contributed by atoms with E-state index in [0.717, 1.165) is 19.4 Å². The summed E-state index contributed by atoms with van der Waals surface area (Å²) in [7, 11) is 0. The van der Waals surface area contributed by atoms with E-state index in [0.29, 0.717) is 19.6 Å². The van der Waals surface area contributed by atoms with E-state index in [2.05, 4.69) is 11.9 Å². The summed E-state index contributed by atoms with van der Waals surface area (Å²) in [6.45, 7) is 7.40. The van der Waals surface area contributed by atoms with Gasteiger partial charge in [0.25, 0.3) is 0 Å². The Hall–Kier alpha value is -1.36. The molecule has 5 nitrogen and oxygen atoms in total. The molecule has 102 valence electrons. The highest BCUT2D eigenvalue weighted by molar-refractivity contribution is 5.77. The van der Waals surface area contributed by atoms with E-state index in [1.165, 1.54) is 0 Å². The van der Waals surface area contributed by atoms with Crippen LogP contribution >= 0.6 is 0 Å². The van der Waals surface area contributed by atoms with Crippen molar-refractivity contribution < 1.29 is 14.3 Å². The number of rotatable bonds is 6. The Kier molecular flexibility index (Phi) is 6.43. The Bertz CT molecular complexity index is 305. The summed E-state index contributed by atoms with van der Waals surface area (Å²) < 4.78 is 4.95. The summed E-state index contributed by atoms with van der Waals surface area (Å²) in [6, 6.07) is 0.0925. The van der Waals surface area contributed by atoms with Crippen molar-refractivity contribution in [2.24, 2.45) is 0 Å². The number of ether oxygens (including phenoxy) is 1. The molecule has 1 unspecified atom stereocenters. The molecule has 5 heteroatoms. The molecule has 1 N–H and O–H groups in total. The average molecular weight is 254 g/mol. The molecular formula is C13H22N2O3. The molecule has 1 aliphatic rings. The molecule has 0 aromatic carbocycles. The van der Waals surface area contributed by atoms with Crippen molar-refractivity contribution in [3.63, 3.8) is 0 Å². The van der Waals surface area contributed by atoms with Crippen molar-refractivity contribution >= 4 is 11.9 Å². The van der Waals surface area contributed by atoms with Crippen molar-refractivity contribution in [2.75, 3.05) is 26.2 Å². The van der Waals surface area contributed by atoms with Crippen LogP contribution in [0.2, 0.25) is 0 Å². The van der Waals surface area contributed by atoms with Crippen LogP contribution in [0.5, 0.6) is 0 Å². The fourth-order valence-corrected chi connectivity index (χ4v) is 2.15. The topological polar surface area (TPSA) is 58.6 Å². The zero-order valence-electron chi connectivity index (χ0n) is 11.0. The lowest BCUT2D eigenvalue weighted by Gasteiger charge is -2.28. The summed E-state index contributed by atoms with van der Waals surface area (Å²) in [6.07, 6.45) is 4.04. The molecule has 0 aromatic heterocycles. The molecule has 1 saturated heterocycles. The highest BCUT2D eigenvalue weighted by Gasteiger charge is 2.24. The predicted octanol–water partition coefficient (Wildman–Crippen LogP) is 0.706. The fourth-order valence-electron chi connectivity index (χ4n) is 2.15. The number of hydrogen-bond acceptors (Lipinski definition) is 4. The van der Waals surface area contributed by atoms with Crippen LogP contribution in [0.25, 0.3) is 0 Å². The third-order valence-corrected chi connectivity index (χ3v) is 2.97. The quantitative estimate of drug-likeness (QED) is 0.560. The summed E-state index contributed by atoms with van der Waals surface area (Å²) >= 11 is 0. The van der Waals surface area contributed by atoms with Crippen molar-refractivity contribution in [1.29, 1.82) is 0 Å². The minimum Gasteiger partial charge on any atom is -0.465 e. The maximum absolute atomic E-state index is 11.5. The van der Waals surface area contributed by atoms with E-state index in [1.54, 1.807) is 13.0 Å². The molecule has 1 amide bonds. The second kappa shape index (κ2) is 7.87. The van der Waals surface area contributed by atoms with E-state index in [1.807, 2.05) is 4.90 Å². The number of amides is 1. The molecule has 18 heavy (non-hydrogen) atoms. The molecule has 1 atom stereocenters. The smallest absolute Gasteiger partial charge is 0.320 e. The monoisotopic (exact) mass is 254 g/mol. The molecule has 0 aromatic rings. The Morgan fingerprint density at radius 3 is 3.11 bits per heavy atom. The first-order chi connectivity index (χ1) is 8.67. The van der Waals surface area contributed by atoms with Crippen molar-refractivity contribution in [2.45, 2.75) is 32.2 Å². The molecule has 1 rings (SSSR count). The Morgan fingerprint density at radius 1 is 1.67 bits per heavy atom. The van der Waals surface area contributed by atoms with Gasteiger partial charge in [0.15, 0.2) is 0 Å². The van der Waals surface area contributed by atoms with Crippen LogP contribution in [0.4, 0.5) is 0 Å². The lowest BCUT2D eigenvalue weighted by Crippen LogP contribution is -2.41. The van der Waals surface area contributed by atoms with Gasteiger partial charge in [-0.25, -0.2) is 0 Å². The van der Waals surface area contributed by atoms with Crippen molar-refractivity contribution in [1.82, 2.24) is 10.2 Å². The summed E-state index contributed by atoms with van der Waals surface area (Å²) in [5.74, 6) is -0.195. The summed E-state index contributed by atoms with van der Waals surface area (Å²) in [4.78, 5) is 25.0. The maximum atomic E-state index is 11.5. The molecular weight excluding hydrogens is 232 g/mol. The number of hydrogen-bond donors (Lipinski definition) is 1. The normalized spacial score (nSPS) is 20.1. The molecule has 1 fully saturated rings. The van der Waals surface area contributed by atoms with Crippen LogP contribution in [-0.4, -0.2) is 49.1 Å². The number of esters is 1. The van der Waals surface area contributed by atoms with Crippen molar-refractivity contribution in [3.8, 4) is 0 Å². The first-order valence-electron chi connectivity index (χ1n) is 6.44. The van der Waals surface area contributed by atoms with Crippen LogP contribution in [0.3, 0.4) is 0 Å². The molecule has 0 spiro atoms. The van der Waals surface area contributed by atoms with Gasteiger partial charge in [0.05, 0.1) is 13.2 Å². The number of nitrogens with zero attached hydrogens (tertiary/aromatic N) is 1. The Morgan fingerprint density at radius 2 is 2.44 bits per heavy atom. The van der Waals surface area contributed by atoms with Gasteiger partial charge in [-0.15, -0.1) is 6.58 Å². The van der Waals surface area contributed by atoms with Crippen LogP contribution in [-0.2, 0) is 14.3 Å². The summed E-state index contributed by atoms with van der Waals surface area (Å²) in [5, 5.41) is 2.84. The number of carbonyl (C=O) groups excluding carboxylic acids is 2. The van der Waals surface area contributed by atoms with E-state index in [-0.39, 0.29) is 24.5 Å². The average Bonchev–Trinajstić information content (AvgIpc) is 2.53. The fraction of sp³-hybridized carbons (Fsp3) is 0.692. The largest absolute Gasteiger partial charge is 0.465 e. The minimum atomic E-state index is -0.246. The van der Waals surface area contributed by atoms with Gasteiger partial charge in [0.1, 0.15) is 0 Å². The third-order valence-electron chi connectivity index (χ3n) is 2.97. The van der Waals surface area contributed by atoms with Crippen LogP contribution in [0.1, 0.15) is 26.2 Å². The van der Waals surface area contributed by atoms with Gasteiger partial charge >= 0.3 is 5.97 Å². The second-order valence-corrected chi connectivity index (χ2v) is 4.37. The highest BCUT2D eigenvalue weighted by atomic mass is 16.5. The second-order valence-electron chi connectivity index (χ2n) is 4.37. The van der Waals surface area contributed by atoms with Crippen molar-refractivity contribution in [3.05, 3.63) is 12.7 Å². The van der Waals surface area contributed by atoms with Gasteiger partial charge in [0, 0.05) is 25.6 Å².